The van der Waals surface area contributed by atoms with Crippen molar-refractivity contribution in [3.05, 3.63) is 25.4 Å². The van der Waals surface area contributed by atoms with Gasteiger partial charge in [0.1, 0.15) is 3.57 Å². The molecule has 20 heavy (non-hydrogen) atoms. The fourth-order valence-electron chi connectivity index (χ4n) is 1.22. The molecule has 1 aromatic heterocycles. The van der Waals surface area contributed by atoms with Gasteiger partial charge in [0.15, 0.2) is 11.9 Å². The lowest BCUT2D eigenvalue weighted by Gasteiger charge is -2.12. The summed E-state index contributed by atoms with van der Waals surface area (Å²) in [7, 11) is 1.04. The van der Waals surface area contributed by atoms with E-state index < -0.39 is 35.2 Å². The lowest BCUT2D eigenvalue weighted by atomic mass is 10.2. The maximum Gasteiger partial charge on any atom is 0.573 e. The van der Waals surface area contributed by atoms with Crippen LogP contribution in [0.5, 0.6) is 5.75 Å². The van der Waals surface area contributed by atoms with Crippen LogP contribution in [0.1, 0.15) is 5.56 Å². The van der Waals surface area contributed by atoms with Crippen molar-refractivity contribution in [2.75, 3.05) is 7.11 Å². The molecule has 0 saturated heterocycles. The van der Waals surface area contributed by atoms with Crippen LogP contribution in [0, 0.1) is 13.7 Å². The van der Waals surface area contributed by atoms with Crippen LogP contribution in [0.25, 0.3) is 0 Å². The lowest BCUT2D eigenvalue weighted by Crippen LogP contribution is -2.20. The van der Waals surface area contributed by atoms with E-state index in [9.17, 15) is 28.1 Å². The molecule has 0 aliphatic heterocycles. The van der Waals surface area contributed by atoms with Crippen LogP contribution in [0.3, 0.4) is 0 Å². The zero-order valence-corrected chi connectivity index (χ0v) is 11.9. The molecule has 0 fully saturated rings. The summed E-state index contributed by atoms with van der Waals surface area (Å²) in [5.74, 6) is -2.31. The lowest BCUT2D eigenvalue weighted by molar-refractivity contribution is -0.390. The second-order valence-corrected chi connectivity index (χ2v) is 4.38. The largest absolute Gasteiger partial charge is 0.573 e. The predicted molar refractivity (Wildman–Crippen MR) is 66.0 cm³/mol. The Bertz CT molecular complexity index is 549. The summed E-state index contributed by atoms with van der Waals surface area (Å²) in [6.07, 6.45) is -5.07. The topological polar surface area (TPSA) is 91.6 Å². The Morgan fingerprint density at radius 3 is 2.60 bits per heavy atom. The first-order valence-corrected chi connectivity index (χ1v) is 5.88. The smallest absolute Gasteiger partial charge is 0.469 e. The summed E-state index contributed by atoms with van der Waals surface area (Å²) in [5, 5.41) is 10.7. The summed E-state index contributed by atoms with van der Waals surface area (Å²) < 4.78 is 44.5. The highest BCUT2D eigenvalue weighted by Gasteiger charge is 2.35. The Balaban J connectivity index is 3.33. The molecular weight excluding hydrogens is 400 g/mol. The van der Waals surface area contributed by atoms with E-state index in [-0.39, 0.29) is 9.13 Å². The number of nitro groups is 1. The second-order valence-electron chi connectivity index (χ2n) is 3.30. The highest BCUT2D eigenvalue weighted by atomic mass is 127. The summed E-state index contributed by atoms with van der Waals surface area (Å²) in [4.78, 5) is 24.3. The van der Waals surface area contributed by atoms with Gasteiger partial charge >= 0.3 is 18.1 Å². The molecule has 0 aromatic carbocycles. The van der Waals surface area contributed by atoms with E-state index in [1.807, 2.05) is 0 Å². The average molecular weight is 406 g/mol. The van der Waals surface area contributed by atoms with E-state index in [0.29, 0.717) is 6.20 Å². The van der Waals surface area contributed by atoms with Gasteiger partial charge in [-0.3, -0.25) is 4.79 Å². The van der Waals surface area contributed by atoms with Gasteiger partial charge in [-0.05, 0) is 32.5 Å². The van der Waals surface area contributed by atoms with Gasteiger partial charge < -0.3 is 19.6 Å². The van der Waals surface area contributed by atoms with Crippen LogP contribution in [0.2, 0.25) is 0 Å². The van der Waals surface area contributed by atoms with Crippen molar-refractivity contribution in [1.82, 2.24) is 4.98 Å². The Morgan fingerprint density at radius 1 is 1.55 bits per heavy atom. The van der Waals surface area contributed by atoms with Crippen LogP contribution in [-0.2, 0) is 16.0 Å². The van der Waals surface area contributed by atoms with Crippen molar-refractivity contribution < 1.29 is 32.4 Å². The summed E-state index contributed by atoms with van der Waals surface area (Å²) in [5.41, 5.74) is -0.309. The molecular formula is C9H6F3IN2O5. The standard InChI is InChI=1S/C9H6F3IN2O5/c1-19-6(16)2-4-5(20-9(10,11)12)3-14-8(7(4)13)15(17)18/h3H,2H2,1H3. The van der Waals surface area contributed by atoms with Crippen LogP contribution >= 0.6 is 22.6 Å². The first-order chi connectivity index (χ1) is 9.15. The number of aromatic nitrogens is 1. The fraction of sp³-hybridized carbons (Fsp3) is 0.333. The summed E-state index contributed by atoms with van der Waals surface area (Å²) in [6, 6.07) is 0. The minimum Gasteiger partial charge on any atom is -0.469 e. The number of nitrogens with zero attached hydrogens (tertiary/aromatic N) is 2. The van der Waals surface area contributed by atoms with Crippen LogP contribution < -0.4 is 4.74 Å². The van der Waals surface area contributed by atoms with Gasteiger partial charge in [0, 0.05) is 5.56 Å². The number of esters is 1. The third kappa shape index (κ3) is 4.18. The molecule has 0 N–H and O–H groups in total. The van der Waals surface area contributed by atoms with Crippen molar-refractivity contribution in [2.24, 2.45) is 0 Å². The molecule has 0 amide bonds. The molecule has 0 aliphatic carbocycles. The van der Waals surface area contributed by atoms with Gasteiger partial charge in [-0.25, -0.2) is 0 Å². The minimum absolute atomic E-state index is 0.222. The van der Waals surface area contributed by atoms with E-state index in [4.69, 9.17) is 0 Å². The number of hydrogen-bond acceptors (Lipinski definition) is 6. The van der Waals surface area contributed by atoms with Crippen molar-refractivity contribution >= 4 is 34.4 Å². The number of halogens is 4. The first-order valence-electron chi connectivity index (χ1n) is 4.80. The van der Waals surface area contributed by atoms with E-state index in [1.165, 1.54) is 22.6 Å². The normalized spacial score (nSPS) is 11.1. The van der Waals surface area contributed by atoms with Crippen LogP contribution in [0.4, 0.5) is 19.0 Å². The third-order valence-electron chi connectivity index (χ3n) is 2.01. The minimum atomic E-state index is -5.01. The van der Waals surface area contributed by atoms with E-state index in [1.54, 1.807) is 0 Å². The molecule has 0 spiro atoms. The van der Waals surface area contributed by atoms with Crippen molar-refractivity contribution in [2.45, 2.75) is 12.8 Å². The predicted octanol–water partition coefficient (Wildman–Crippen LogP) is 2.21. The van der Waals surface area contributed by atoms with Crippen molar-refractivity contribution in [3.63, 3.8) is 0 Å². The first kappa shape index (κ1) is 16.4. The van der Waals surface area contributed by atoms with Gasteiger partial charge in [-0.2, -0.15) is 0 Å². The van der Waals surface area contributed by atoms with Gasteiger partial charge in [0.25, 0.3) is 0 Å². The van der Waals surface area contributed by atoms with E-state index >= 15 is 0 Å². The molecule has 1 rings (SSSR count). The Hall–Kier alpha value is -1.66. The Labute approximate surface area is 123 Å². The monoisotopic (exact) mass is 406 g/mol. The molecule has 1 heterocycles. The van der Waals surface area contributed by atoms with Gasteiger partial charge in [0.05, 0.1) is 13.5 Å². The molecule has 0 radical (unpaired) electrons. The summed E-state index contributed by atoms with van der Waals surface area (Å²) >= 11 is 1.42. The van der Waals surface area contributed by atoms with Crippen molar-refractivity contribution in [3.8, 4) is 5.75 Å². The Kier molecular flexibility index (Phi) is 5.08. The van der Waals surface area contributed by atoms with Gasteiger partial charge in [-0.1, -0.05) is 0 Å². The summed E-state index contributed by atoms with van der Waals surface area (Å²) in [6.45, 7) is 0. The van der Waals surface area contributed by atoms with Gasteiger partial charge in [0.2, 0.25) is 0 Å². The quantitative estimate of drug-likeness (QED) is 0.330. The molecule has 0 unspecified atom stereocenters. The average Bonchev–Trinajstić information content (AvgIpc) is 2.31. The number of alkyl halides is 3. The zero-order chi connectivity index (χ0) is 15.5. The van der Waals surface area contributed by atoms with Crippen LogP contribution in [-0.4, -0.2) is 29.3 Å². The van der Waals surface area contributed by atoms with Crippen LogP contribution in [0.15, 0.2) is 6.20 Å². The number of pyridine rings is 1. The molecule has 11 heteroatoms. The second kappa shape index (κ2) is 6.19. The van der Waals surface area contributed by atoms with Crippen molar-refractivity contribution in [1.29, 1.82) is 0 Å². The molecule has 0 atom stereocenters. The molecule has 7 nitrogen and oxygen atoms in total. The highest BCUT2D eigenvalue weighted by Crippen LogP contribution is 2.33. The molecule has 1 aromatic rings. The number of carbonyl (C=O) groups excluding carboxylic acids is 1. The molecule has 110 valence electrons. The number of hydrogen-bond donors (Lipinski definition) is 0. The SMILES string of the molecule is COC(=O)Cc1c(OC(F)(F)F)cnc([N+](=O)[O-])c1I. The third-order valence-corrected chi connectivity index (χ3v) is 3.14. The fourth-order valence-corrected chi connectivity index (χ4v) is 2.01. The number of methoxy groups -OCH3 is 1. The van der Waals surface area contributed by atoms with E-state index in [2.05, 4.69) is 14.5 Å². The zero-order valence-electron chi connectivity index (χ0n) is 9.73. The highest BCUT2D eigenvalue weighted by molar-refractivity contribution is 14.1. The maximum absolute atomic E-state index is 12.2. The molecule has 0 bridgehead atoms. The molecule has 0 aliphatic rings. The number of rotatable bonds is 4. The number of carbonyl (C=O) groups is 1. The van der Waals surface area contributed by atoms with Gasteiger partial charge in [-0.15, -0.1) is 13.2 Å². The Morgan fingerprint density at radius 2 is 2.15 bits per heavy atom. The number of ether oxygens (including phenoxy) is 2. The maximum atomic E-state index is 12.2. The van der Waals surface area contributed by atoms with E-state index in [0.717, 1.165) is 7.11 Å². The molecule has 0 saturated carbocycles.